The number of thioether (sulfide) groups is 1. The fraction of sp³-hybridized carbons (Fsp3) is 0.214. The third-order valence-corrected chi connectivity index (χ3v) is 3.49. The average Bonchev–Trinajstić information content (AvgIpc) is 2.35. The molecular formula is C14H16N4S. The Morgan fingerprint density at radius 3 is 2.53 bits per heavy atom. The molecule has 2 aromatic rings. The first kappa shape index (κ1) is 13.5. The topological polar surface area (TPSA) is 75.7 Å². The Hall–Kier alpha value is -1.88. The summed E-state index contributed by atoms with van der Waals surface area (Å²) in [5.74, 6) is 0.860. The van der Waals surface area contributed by atoms with Crippen LogP contribution >= 0.6 is 11.8 Å². The minimum Gasteiger partial charge on any atom is -0.384 e. The van der Waals surface area contributed by atoms with Gasteiger partial charge < -0.3 is 5.73 Å². The monoisotopic (exact) mass is 272 g/mol. The normalized spacial score (nSPS) is 10.4. The predicted molar refractivity (Wildman–Crippen MR) is 78.5 cm³/mol. The van der Waals surface area contributed by atoms with Crippen molar-refractivity contribution < 1.29 is 0 Å². The summed E-state index contributed by atoms with van der Waals surface area (Å²) >= 11 is 1.59. The van der Waals surface area contributed by atoms with E-state index in [1.165, 1.54) is 0 Å². The molecule has 4 nitrogen and oxygen atoms in total. The second-order valence-electron chi connectivity index (χ2n) is 4.34. The molecule has 0 fully saturated rings. The molecule has 3 N–H and O–H groups in total. The van der Waals surface area contributed by atoms with Crippen molar-refractivity contribution in [2.75, 3.05) is 0 Å². The number of benzene rings is 1. The number of nitrogen functional groups attached to an aromatic ring is 1. The highest BCUT2D eigenvalue weighted by atomic mass is 32.2. The van der Waals surface area contributed by atoms with Crippen molar-refractivity contribution in [3.05, 3.63) is 52.8 Å². The molecule has 5 heteroatoms. The SMILES string of the molecule is Cc1cc(C)nc(SCc2cccc(C(=N)N)c2)n1. The third kappa shape index (κ3) is 3.79. The number of nitrogens with one attached hydrogen (secondary N) is 1. The van der Waals surface area contributed by atoms with Crippen molar-refractivity contribution in [1.82, 2.24) is 9.97 Å². The van der Waals surface area contributed by atoms with Gasteiger partial charge in [0, 0.05) is 22.7 Å². The quantitative estimate of drug-likeness (QED) is 0.388. The summed E-state index contributed by atoms with van der Waals surface area (Å²) in [6.45, 7) is 3.93. The van der Waals surface area contributed by atoms with Crippen molar-refractivity contribution in [1.29, 1.82) is 5.41 Å². The second-order valence-corrected chi connectivity index (χ2v) is 5.28. The fourth-order valence-corrected chi connectivity index (χ4v) is 2.63. The Morgan fingerprint density at radius 2 is 1.89 bits per heavy atom. The lowest BCUT2D eigenvalue weighted by Gasteiger charge is -2.05. The van der Waals surface area contributed by atoms with Crippen LogP contribution in [0.3, 0.4) is 0 Å². The lowest BCUT2D eigenvalue weighted by Crippen LogP contribution is -2.10. The van der Waals surface area contributed by atoms with E-state index in [1.807, 2.05) is 44.2 Å². The average molecular weight is 272 g/mol. The molecule has 0 radical (unpaired) electrons. The maximum Gasteiger partial charge on any atom is 0.188 e. The van der Waals surface area contributed by atoms with Crippen molar-refractivity contribution in [2.24, 2.45) is 5.73 Å². The van der Waals surface area contributed by atoms with E-state index in [-0.39, 0.29) is 5.84 Å². The predicted octanol–water partition coefficient (Wildman–Crippen LogP) is 2.67. The standard InChI is InChI=1S/C14H16N4S/c1-9-6-10(2)18-14(17-9)19-8-11-4-3-5-12(7-11)13(15)16/h3-7H,8H2,1-2H3,(H3,15,16). The van der Waals surface area contributed by atoms with Crippen LogP contribution in [0.25, 0.3) is 0 Å². The van der Waals surface area contributed by atoms with Crippen LogP contribution in [-0.4, -0.2) is 15.8 Å². The van der Waals surface area contributed by atoms with Gasteiger partial charge >= 0.3 is 0 Å². The first-order chi connectivity index (χ1) is 9.04. The molecule has 98 valence electrons. The van der Waals surface area contributed by atoms with Gasteiger partial charge in [-0.05, 0) is 31.5 Å². The summed E-state index contributed by atoms with van der Waals surface area (Å²) in [6, 6.07) is 9.65. The summed E-state index contributed by atoms with van der Waals surface area (Å²) < 4.78 is 0. The summed E-state index contributed by atoms with van der Waals surface area (Å²) in [5, 5.41) is 8.21. The lowest BCUT2D eigenvalue weighted by atomic mass is 10.1. The van der Waals surface area contributed by atoms with E-state index in [2.05, 4.69) is 9.97 Å². The first-order valence-electron chi connectivity index (χ1n) is 5.93. The minimum atomic E-state index is 0.0921. The van der Waals surface area contributed by atoms with Gasteiger partial charge in [-0.25, -0.2) is 9.97 Å². The molecule has 0 saturated carbocycles. The van der Waals surface area contributed by atoms with E-state index in [9.17, 15) is 0 Å². The van der Waals surface area contributed by atoms with Gasteiger partial charge in [0.2, 0.25) is 0 Å². The van der Waals surface area contributed by atoms with Crippen LogP contribution in [0.5, 0.6) is 0 Å². The zero-order chi connectivity index (χ0) is 13.8. The summed E-state index contributed by atoms with van der Waals surface area (Å²) in [4.78, 5) is 8.78. The molecule has 19 heavy (non-hydrogen) atoms. The Kier molecular flexibility index (Phi) is 4.16. The molecule has 1 heterocycles. The lowest BCUT2D eigenvalue weighted by molar-refractivity contribution is 0.902. The Morgan fingerprint density at radius 1 is 1.21 bits per heavy atom. The van der Waals surface area contributed by atoms with E-state index in [0.29, 0.717) is 0 Å². The molecule has 0 aliphatic carbocycles. The molecule has 0 unspecified atom stereocenters. The van der Waals surface area contributed by atoms with E-state index >= 15 is 0 Å². The van der Waals surface area contributed by atoms with Gasteiger partial charge in [0.1, 0.15) is 5.84 Å². The molecule has 0 saturated heterocycles. The molecule has 0 bridgehead atoms. The Bertz CT molecular complexity index is 590. The zero-order valence-corrected chi connectivity index (χ0v) is 11.8. The first-order valence-corrected chi connectivity index (χ1v) is 6.91. The van der Waals surface area contributed by atoms with Crippen LogP contribution in [0.4, 0.5) is 0 Å². The molecular weight excluding hydrogens is 256 g/mol. The van der Waals surface area contributed by atoms with Gasteiger partial charge in [-0.15, -0.1) is 0 Å². The number of nitrogens with two attached hydrogens (primary N) is 1. The van der Waals surface area contributed by atoms with E-state index in [0.717, 1.165) is 33.4 Å². The van der Waals surface area contributed by atoms with Crippen molar-refractivity contribution in [2.45, 2.75) is 24.8 Å². The molecule has 0 spiro atoms. The van der Waals surface area contributed by atoms with Crippen LogP contribution in [0.1, 0.15) is 22.5 Å². The van der Waals surface area contributed by atoms with E-state index in [1.54, 1.807) is 11.8 Å². The molecule has 0 aliphatic rings. The van der Waals surface area contributed by atoms with Crippen LogP contribution < -0.4 is 5.73 Å². The van der Waals surface area contributed by atoms with E-state index < -0.39 is 0 Å². The van der Waals surface area contributed by atoms with E-state index in [4.69, 9.17) is 11.1 Å². The summed E-state index contributed by atoms with van der Waals surface area (Å²) in [5.41, 5.74) is 9.30. The number of amidine groups is 1. The maximum atomic E-state index is 7.43. The summed E-state index contributed by atoms with van der Waals surface area (Å²) in [6.07, 6.45) is 0. The highest BCUT2D eigenvalue weighted by Crippen LogP contribution is 2.20. The van der Waals surface area contributed by atoms with Crippen LogP contribution in [-0.2, 0) is 5.75 Å². The number of aromatic nitrogens is 2. The summed E-state index contributed by atoms with van der Waals surface area (Å²) in [7, 11) is 0. The van der Waals surface area contributed by atoms with Crippen LogP contribution in [0.15, 0.2) is 35.5 Å². The highest BCUT2D eigenvalue weighted by Gasteiger charge is 2.03. The van der Waals surface area contributed by atoms with Crippen molar-refractivity contribution in [3.63, 3.8) is 0 Å². The molecule has 1 aromatic carbocycles. The number of hydrogen-bond acceptors (Lipinski definition) is 4. The maximum absolute atomic E-state index is 7.43. The van der Waals surface area contributed by atoms with Gasteiger partial charge in [0.25, 0.3) is 0 Å². The molecule has 0 aliphatic heterocycles. The van der Waals surface area contributed by atoms with Gasteiger partial charge in [-0.3, -0.25) is 5.41 Å². The van der Waals surface area contributed by atoms with Crippen molar-refractivity contribution in [3.8, 4) is 0 Å². The Balaban J connectivity index is 2.10. The molecule has 2 rings (SSSR count). The third-order valence-electron chi connectivity index (χ3n) is 2.57. The molecule has 1 aromatic heterocycles. The number of aryl methyl sites for hydroxylation is 2. The minimum absolute atomic E-state index is 0.0921. The molecule has 0 amide bonds. The number of hydrogen-bond donors (Lipinski definition) is 2. The highest BCUT2D eigenvalue weighted by molar-refractivity contribution is 7.98. The fourth-order valence-electron chi connectivity index (χ4n) is 1.73. The smallest absolute Gasteiger partial charge is 0.188 e. The van der Waals surface area contributed by atoms with Crippen LogP contribution in [0, 0.1) is 19.3 Å². The zero-order valence-electron chi connectivity index (χ0n) is 11.0. The number of rotatable bonds is 4. The van der Waals surface area contributed by atoms with Crippen molar-refractivity contribution >= 4 is 17.6 Å². The number of nitrogens with zero attached hydrogens (tertiary/aromatic N) is 2. The van der Waals surface area contributed by atoms with Gasteiger partial charge in [-0.1, -0.05) is 30.0 Å². The van der Waals surface area contributed by atoms with Crippen LogP contribution in [0.2, 0.25) is 0 Å². The molecule has 0 atom stereocenters. The van der Waals surface area contributed by atoms with Gasteiger partial charge in [0.15, 0.2) is 5.16 Å². The van der Waals surface area contributed by atoms with Gasteiger partial charge in [-0.2, -0.15) is 0 Å². The second kappa shape index (κ2) is 5.84. The Labute approximate surface area is 117 Å². The van der Waals surface area contributed by atoms with Gasteiger partial charge in [0.05, 0.1) is 0 Å². The largest absolute Gasteiger partial charge is 0.384 e.